The molecule has 1 spiro atoms. The van der Waals surface area contributed by atoms with Crippen molar-refractivity contribution in [1.29, 1.82) is 0 Å². The molecule has 4 rings (SSSR count). The summed E-state index contributed by atoms with van der Waals surface area (Å²) in [7, 11) is 3.44. The van der Waals surface area contributed by atoms with Gasteiger partial charge in [-0.15, -0.1) is 0 Å². The fraction of sp³-hybridized carbons (Fsp3) is 0.520. The number of halogens is 3. The normalized spacial score (nSPS) is 20.8. The number of hydrogen-bond donors (Lipinski definition) is 1. The van der Waals surface area contributed by atoms with Gasteiger partial charge < -0.3 is 14.6 Å². The van der Waals surface area contributed by atoms with E-state index in [1.807, 2.05) is 12.1 Å². The molecule has 1 aromatic heterocycles. The monoisotopic (exact) mass is 495 g/mol. The maximum atomic E-state index is 10.6. The van der Waals surface area contributed by atoms with Crippen LogP contribution >= 0.6 is 0 Å². The summed E-state index contributed by atoms with van der Waals surface area (Å²) in [6.07, 6.45) is 0.617. The van der Waals surface area contributed by atoms with E-state index in [-0.39, 0.29) is 0 Å². The van der Waals surface area contributed by atoms with E-state index in [1.54, 1.807) is 20.4 Å². The fourth-order valence-corrected chi connectivity index (χ4v) is 4.94. The number of carboxylic acid groups (broad SMARTS) is 1. The molecule has 0 aliphatic carbocycles. The van der Waals surface area contributed by atoms with Crippen molar-refractivity contribution in [2.45, 2.75) is 38.5 Å². The summed E-state index contributed by atoms with van der Waals surface area (Å²) in [5.74, 6) is -1.05. The zero-order valence-electron chi connectivity index (χ0n) is 20.1. The van der Waals surface area contributed by atoms with Crippen molar-refractivity contribution in [2.24, 2.45) is 5.41 Å². The first-order valence-corrected chi connectivity index (χ1v) is 11.5. The van der Waals surface area contributed by atoms with Gasteiger partial charge in [-0.2, -0.15) is 13.2 Å². The van der Waals surface area contributed by atoms with E-state index in [9.17, 15) is 13.2 Å². The Morgan fingerprint density at radius 3 is 2.43 bits per heavy atom. The van der Waals surface area contributed by atoms with Gasteiger partial charge in [0.1, 0.15) is 5.75 Å². The van der Waals surface area contributed by atoms with Gasteiger partial charge in [-0.05, 0) is 61.5 Å². The van der Waals surface area contributed by atoms with Crippen LogP contribution < -0.4 is 9.47 Å². The van der Waals surface area contributed by atoms with Gasteiger partial charge >= 0.3 is 12.1 Å². The summed E-state index contributed by atoms with van der Waals surface area (Å²) in [6.45, 7) is 6.63. The predicted molar refractivity (Wildman–Crippen MR) is 124 cm³/mol. The SMILES string of the molecule is COc1cccc(CN2CCCC3(CCN(Cc4cccnc4OC)C3)C2)c1.O=C(O)C(F)(F)F. The van der Waals surface area contributed by atoms with Gasteiger partial charge in [-0.25, -0.2) is 9.78 Å². The van der Waals surface area contributed by atoms with E-state index >= 15 is 0 Å². The van der Waals surface area contributed by atoms with Crippen LogP contribution in [0, 0.1) is 5.41 Å². The van der Waals surface area contributed by atoms with Crippen LogP contribution in [0.15, 0.2) is 42.6 Å². The Balaban J connectivity index is 0.000000429. The van der Waals surface area contributed by atoms with Crippen molar-refractivity contribution in [3.05, 3.63) is 53.7 Å². The highest BCUT2D eigenvalue weighted by atomic mass is 19.4. The van der Waals surface area contributed by atoms with Crippen LogP contribution in [0.2, 0.25) is 0 Å². The van der Waals surface area contributed by atoms with Crippen molar-refractivity contribution in [1.82, 2.24) is 14.8 Å². The van der Waals surface area contributed by atoms with Crippen molar-refractivity contribution in [3.8, 4) is 11.6 Å². The number of aromatic nitrogens is 1. The van der Waals surface area contributed by atoms with Gasteiger partial charge in [-0.1, -0.05) is 18.2 Å². The first kappa shape index (κ1) is 26.7. The molecule has 2 aliphatic heterocycles. The zero-order chi connectivity index (χ0) is 25.5. The number of pyridine rings is 1. The number of methoxy groups -OCH3 is 2. The van der Waals surface area contributed by atoms with Crippen molar-refractivity contribution in [2.75, 3.05) is 40.4 Å². The zero-order valence-corrected chi connectivity index (χ0v) is 20.1. The lowest BCUT2D eigenvalue weighted by atomic mass is 9.79. The predicted octanol–water partition coefficient (Wildman–Crippen LogP) is 4.22. The topological polar surface area (TPSA) is 75.1 Å². The lowest BCUT2D eigenvalue weighted by Gasteiger charge is -2.40. The Labute approximate surface area is 203 Å². The number of piperidine rings is 1. The Morgan fingerprint density at radius 1 is 1.06 bits per heavy atom. The van der Waals surface area contributed by atoms with Crippen LogP contribution in [0.4, 0.5) is 13.2 Å². The minimum atomic E-state index is -5.08. The first-order valence-electron chi connectivity index (χ1n) is 11.5. The van der Waals surface area contributed by atoms with Crippen molar-refractivity contribution in [3.63, 3.8) is 0 Å². The second kappa shape index (κ2) is 11.7. The van der Waals surface area contributed by atoms with E-state index in [1.165, 1.54) is 50.0 Å². The van der Waals surface area contributed by atoms with E-state index in [2.05, 4.69) is 39.0 Å². The number of carbonyl (C=O) groups is 1. The molecule has 192 valence electrons. The molecule has 35 heavy (non-hydrogen) atoms. The number of nitrogens with zero attached hydrogens (tertiary/aromatic N) is 3. The molecule has 0 saturated carbocycles. The highest BCUT2D eigenvalue weighted by molar-refractivity contribution is 5.73. The Morgan fingerprint density at radius 2 is 1.77 bits per heavy atom. The molecule has 0 radical (unpaired) electrons. The average molecular weight is 496 g/mol. The molecule has 2 fully saturated rings. The highest BCUT2D eigenvalue weighted by Crippen LogP contribution is 2.40. The molecule has 1 atom stereocenters. The molecule has 1 aromatic carbocycles. The lowest BCUT2D eigenvalue weighted by Crippen LogP contribution is -2.44. The van der Waals surface area contributed by atoms with Crippen LogP contribution in [0.1, 0.15) is 30.4 Å². The van der Waals surface area contributed by atoms with Crippen LogP contribution in [-0.2, 0) is 17.9 Å². The maximum absolute atomic E-state index is 10.6. The minimum absolute atomic E-state index is 0.423. The molecule has 7 nitrogen and oxygen atoms in total. The van der Waals surface area contributed by atoms with E-state index in [4.69, 9.17) is 19.4 Å². The number of rotatable bonds is 6. The standard InChI is InChI=1S/C23H31N3O2.C2HF3O2/c1-27-21-8-3-6-19(14-21)15-25-12-5-9-23(17-25)10-13-26(18-23)16-20-7-4-11-24-22(20)28-2;3-2(4,5)1(6)7/h3-4,6-8,11,14H,5,9-10,12-13,15-18H2,1-2H3;(H,6,7). The summed E-state index contributed by atoms with van der Waals surface area (Å²) in [5.41, 5.74) is 2.95. The second-order valence-electron chi connectivity index (χ2n) is 9.10. The Hall–Kier alpha value is -2.85. The molecule has 2 aliphatic rings. The molecule has 1 N–H and O–H groups in total. The van der Waals surface area contributed by atoms with Crippen LogP contribution in [-0.4, -0.2) is 72.4 Å². The number of carboxylic acids is 1. The first-order chi connectivity index (χ1) is 16.6. The molecule has 2 saturated heterocycles. The second-order valence-corrected chi connectivity index (χ2v) is 9.10. The molecule has 3 heterocycles. The smallest absolute Gasteiger partial charge is 0.490 e. The number of likely N-dealkylation sites (tertiary alicyclic amines) is 2. The number of benzene rings is 1. The van der Waals surface area contributed by atoms with Gasteiger partial charge in [0.15, 0.2) is 0 Å². The van der Waals surface area contributed by atoms with Crippen LogP contribution in [0.25, 0.3) is 0 Å². The molecule has 0 bridgehead atoms. The molecular weight excluding hydrogens is 463 g/mol. The molecule has 1 unspecified atom stereocenters. The number of hydrogen-bond acceptors (Lipinski definition) is 6. The van der Waals surface area contributed by atoms with Crippen LogP contribution in [0.3, 0.4) is 0 Å². The van der Waals surface area contributed by atoms with E-state index in [0.717, 1.165) is 31.3 Å². The summed E-state index contributed by atoms with van der Waals surface area (Å²) < 4.78 is 42.6. The number of aliphatic carboxylic acids is 1. The molecule has 0 amide bonds. The summed E-state index contributed by atoms with van der Waals surface area (Å²) >= 11 is 0. The maximum Gasteiger partial charge on any atom is 0.490 e. The fourth-order valence-electron chi connectivity index (χ4n) is 4.94. The van der Waals surface area contributed by atoms with E-state index < -0.39 is 12.1 Å². The summed E-state index contributed by atoms with van der Waals surface area (Å²) in [6, 6.07) is 12.6. The molecule has 10 heteroatoms. The molecule has 2 aromatic rings. The average Bonchev–Trinajstić information content (AvgIpc) is 3.20. The Kier molecular flexibility index (Phi) is 8.96. The van der Waals surface area contributed by atoms with Crippen molar-refractivity contribution >= 4 is 5.97 Å². The third-order valence-electron chi connectivity index (χ3n) is 6.48. The van der Waals surface area contributed by atoms with Crippen molar-refractivity contribution < 1.29 is 32.5 Å². The lowest BCUT2D eigenvalue weighted by molar-refractivity contribution is -0.192. The van der Waals surface area contributed by atoms with Gasteiger partial charge in [0.2, 0.25) is 5.88 Å². The van der Waals surface area contributed by atoms with Gasteiger partial charge in [-0.3, -0.25) is 9.80 Å². The Bertz CT molecular complexity index is 988. The van der Waals surface area contributed by atoms with E-state index in [0.29, 0.717) is 5.41 Å². The van der Waals surface area contributed by atoms with Gasteiger partial charge in [0.25, 0.3) is 0 Å². The minimum Gasteiger partial charge on any atom is -0.497 e. The molecular formula is C25H32F3N3O4. The van der Waals surface area contributed by atoms with Crippen LogP contribution in [0.5, 0.6) is 11.6 Å². The number of ether oxygens (including phenoxy) is 2. The largest absolute Gasteiger partial charge is 0.497 e. The quantitative estimate of drug-likeness (QED) is 0.643. The highest BCUT2D eigenvalue weighted by Gasteiger charge is 2.41. The third kappa shape index (κ3) is 7.57. The summed E-state index contributed by atoms with van der Waals surface area (Å²) in [4.78, 5) is 18.5. The number of alkyl halides is 3. The summed E-state index contributed by atoms with van der Waals surface area (Å²) in [5, 5.41) is 7.12. The van der Waals surface area contributed by atoms with Gasteiger partial charge in [0, 0.05) is 37.9 Å². The third-order valence-corrected chi connectivity index (χ3v) is 6.48. The van der Waals surface area contributed by atoms with Gasteiger partial charge in [0.05, 0.1) is 14.2 Å².